The van der Waals surface area contributed by atoms with Crippen LogP contribution in [0, 0.1) is 0 Å². The number of anilines is 1. The number of nitrogens with zero attached hydrogens (tertiary/aromatic N) is 2. The molecular weight excluding hydrogens is 428 g/mol. The minimum absolute atomic E-state index is 0.00599. The Bertz CT molecular complexity index is 990. The first-order valence-electron chi connectivity index (χ1n) is 9.99. The molecule has 162 valence electrons. The monoisotopic (exact) mass is 452 g/mol. The molecule has 1 atom stereocenters. The first kappa shape index (κ1) is 21.1. The highest BCUT2D eigenvalue weighted by Gasteiger charge is 2.27. The van der Waals surface area contributed by atoms with E-state index >= 15 is 0 Å². The number of carbonyl (C=O) groups is 2. The van der Waals surface area contributed by atoms with Gasteiger partial charge in [0.15, 0.2) is 5.16 Å². The number of ether oxygens (including phenoxy) is 2. The quantitative estimate of drug-likeness (QED) is 0.489. The summed E-state index contributed by atoms with van der Waals surface area (Å²) in [5, 5.41) is 10.3. The maximum Gasteiger partial charge on any atom is 0.344 e. The van der Waals surface area contributed by atoms with Crippen molar-refractivity contribution in [3.05, 3.63) is 26.5 Å². The maximum atomic E-state index is 12.6. The molecule has 1 unspecified atom stereocenters. The number of methoxy groups -OCH3 is 1. The number of amides is 1. The van der Waals surface area contributed by atoms with Crippen LogP contribution in [0.2, 0.25) is 0 Å². The summed E-state index contributed by atoms with van der Waals surface area (Å²) in [4.78, 5) is 38.1. The third kappa shape index (κ3) is 4.47. The average Bonchev–Trinajstić information content (AvgIpc) is 3.46. The molecule has 3 heterocycles. The Hall–Kier alpha value is -2.11. The molecule has 1 aliphatic heterocycles. The van der Waals surface area contributed by atoms with Crippen LogP contribution in [0.1, 0.15) is 46.5 Å². The van der Waals surface area contributed by atoms with E-state index < -0.39 is 5.97 Å². The molecule has 11 heteroatoms. The van der Waals surface area contributed by atoms with E-state index in [1.54, 1.807) is 0 Å². The number of carbonyl (C=O) groups excluding carboxylic acids is 2. The number of fused-ring (bicyclic) bond motifs is 1. The van der Waals surface area contributed by atoms with E-state index in [0.717, 1.165) is 49.0 Å². The fraction of sp³-hybridized carbons (Fsp3) is 0.579. The fourth-order valence-electron chi connectivity index (χ4n) is 3.83. The fourth-order valence-corrected chi connectivity index (χ4v) is 5.88. The second kappa shape index (κ2) is 9.36. The summed E-state index contributed by atoms with van der Waals surface area (Å²) >= 11 is 2.62. The molecule has 2 aromatic rings. The Morgan fingerprint density at radius 3 is 2.97 bits per heavy atom. The maximum absolute atomic E-state index is 12.6. The van der Waals surface area contributed by atoms with Crippen LogP contribution in [-0.2, 0) is 33.7 Å². The molecule has 9 nitrogen and oxygen atoms in total. The molecule has 2 aromatic heterocycles. The molecule has 0 radical (unpaired) electrons. The number of aromatic nitrogens is 3. The highest BCUT2D eigenvalue weighted by atomic mass is 32.2. The van der Waals surface area contributed by atoms with Gasteiger partial charge in [-0.3, -0.25) is 9.36 Å². The first-order chi connectivity index (χ1) is 14.6. The van der Waals surface area contributed by atoms with Crippen LogP contribution in [0.4, 0.5) is 5.00 Å². The standard InChI is InChI=1S/C19H24N4O5S2/c1-27-17(25)15-12-6-2-3-7-13(12)30-16(15)20-14(24)10-29-19-22-21-18(26)23(19)9-11-5-4-8-28-11/h11H,2-10H2,1H3,(H,20,24)(H,21,26). The SMILES string of the molecule is COC(=O)c1c(NC(=O)CSc2n[nH]c(=O)n2CC2CCCO2)sc2c1CCCC2. The second-order valence-electron chi connectivity index (χ2n) is 7.30. The van der Waals surface area contributed by atoms with Gasteiger partial charge in [-0.15, -0.1) is 16.4 Å². The molecule has 1 amide bonds. The molecule has 0 spiro atoms. The van der Waals surface area contributed by atoms with Gasteiger partial charge in [-0.05, 0) is 44.1 Å². The lowest BCUT2D eigenvalue weighted by atomic mass is 9.95. The van der Waals surface area contributed by atoms with Crippen molar-refractivity contribution in [2.24, 2.45) is 0 Å². The van der Waals surface area contributed by atoms with E-state index in [-0.39, 0.29) is 23.5 Å². The summed E-state index contributed by atoms with van der Waals surface area (Å²) in [5.41, 5.74) is 1.16. The lowest BCUT2D eigenvalue weighted by Crippen LogP contribution is -2.25. The van der Waals surface area contributed by atoms with E-state index in [9.17, 15) is 14.4 Å². The summed E-state index contributed by atoms with van der Waals surface area (Å²) in [6, 6.07) is 0. The van der Waals surface area contributed by atoms with E-state index in [1.807, 2.05) is 0 Å². The molecule has 0 aromatic carbocycles. The predicted octanol–water partition coefficient (Wildman–Crippen LogP) is 2.21. The van der Waals surface area contributed by atoms with Crippen molar-refractivity contribution in [2.75, 3.05) is 24.8 Å². The topological polar surface area (TPSA) is 115 Å². The van der Waals surface area contributed by atoms with E-state index in [0.29, 0.717) is 28.9 Å². The minimum atomic E-state index is -0.421. The summed E-state index contributed by atoms with van der Waals surface area (Å²) in [6.07, 6.45) is 5.73. The number of aromatic amines is 1. The number of esters is 1. The Labute approximate surface area is 181 Å². The summed E-state index contributed by atoms with van der Waals surface area (Å²) in [7, 11) is 1.35. The van der Waals surface area contributed by atoms with Crippen LogP contribution in [0.25, 0.3) is 0 Å². The molecule has 2 N–H and O–H groups in total. The highest BCUT2D eigenvalue weighted by Crippen LogP contribution is 2.38. The summed E-state index contributed by atoms with van der Waals surface area (Å²) < 4.78 is 12.0. The van der Waals surface area contributed by atoms with Crippen molar-refractivity contribution in [1.82, 2.24) is 14.8 Å². The molecule has 0 saturated carbocycles. The lowest BCUT2D eigenvalue weighted by Gasteiger charge is -2.12. The molecule has 1 saturated heterocycles. The third-order valence-corrected chi connectivity index (χ3v) is 7.46. The first-order valence-corrected chi connectivity index (χ1v) is 11.8. The Kier molecular flexibility index (Phi) is 6.59. The van der Waals surface area contributed by atoms with Crippen molar-refractivity contribution < 1.29 is 19.1 Å². The number of thiophene rings is 1. The van der Waals surface area contributed by atoms with Gasteiger partial charge < -0.3 is 14.8 Å². The number of H-pyrrole nitrogens is 1. The van der Waals surface area contributed by atoms with Crippen LogP contribution >= 0.6 is 23.1 Å². The zero-order valence-electron chi connectivity index (χ0n) is 16.7. The lowest BCUT2D eigenvalue weighted by molar-refractivity contribution is -0.113. The summed E-state index contributed by atoms with van der Waals surface area (Å²) in [5.74, 6) is -0.614. The largest absolute Gasteiger partial charge is 0.465 e. The summed E-state index contributed by atoms with van der Waals surface area (Å²) in [6.45, 7) is 1.12. The molecule has 2 aliphatic rings. The molecular formula is C19H24N4O5S2. The van der Waals surface area contributed by atoms with E-state index in [1.165, 1.54) is 34.8 Å². The van der Waals surface area contributed by atoms with Crippen LogP contribution in [0.3, 0.4) is 0 Å². The molecule has 1 fully saturated rings. The van der Waals surface area contributed by atoms with Crippen LogP contribution in [0.15, 0.2) is 9.95 Å². The molecule has 0 bridgehead atoms. The normalized spacial score (nSPS) is 18.2. The van der Waals surface area contributed by atoms with E-state index in [2.05, 4.69) is 15.5 Å². The molecule has 30 heavy (non-hydrogen) atoms. The van der Waals surface area contributed by atoms with Gasteiger partial charge in [-0.2, -0.15) is 0 Å². The second-order valence-corrected chi connectivity index (χ2v) is 9.35. The Morgan fingerprint density at radius 1 is 1.37 bits per heavy atom. The number of nitrogens with one attached hydrogen (secondary N) is 2. The van der Waals surface area contributed by atoms with E-state index in [4.69, 9.17) is 9.47 Å². The zero-order chi connectivity index (χ0) is 21.1. The van der Waals surface area contributed by atoms with Gasteiger partial charge in [0.2, 0.25) is 5.91 Å². The smallest absolute Gasteiger partial charge is 0.344 e. The van der Waals surface area contributed by atoms with Gasteiger partial charge >= 0.3 is 11.7 Å². The highest BCUT2D eigenvalue weighted by molar-refractivity contribution is 7.99. The third-order valence-electron chi connectivity index (χ3n) is 5.28. The predicted molar refractivity (Wildman–Crippen MR) is 113 cm³/mol. The molecule has 4 rings (SSSR count). The van der Waals surface area contributed by atoms with Crippen molar-refractivity contribution in [1.29, 1.82) is 0 Å². The van der Waals surface area contributed by atoms with Gasteiger partial charge in [0.1, 0.15) is 5.00 Å². The van der Waals surface area contributed by atoms with Crippen LogP contribution in [-0.4, -0.2) is 52.2 Å². The van der Waals surface area contributed by atoms with Crippen molar-refractivity contribution in [2.45, 2.75) is 56.3 Å². The Balaban J connectivity index is 1.43. The molecule has 1 aliphatic carbocycles. The number of thioether (sulfide) groups is 1. The van der Waals surface area contributed by atoms with Gasteiger partial charge in [0, 0.05) is 11.5 Å². The van der Waals surface area contributed by atoms with Crippen molar-refractivity contribution in [3.63, 3.8) is 0 Å². The van der Waals surface area contributed by atoms with Crippen molar-refractivity contribution in [3.8, 4) is 0 Å². The van der Waals surface area contributed by atoms with Gasteiger partial charge in [0.05, 0.1) is 31.1 Å². The number of rotatable bonds is 7. The number of hydrogen-bond donors (Lipinski definition) is 2. The number of hydrogen-bond acceptors (Lipinski definition) is 8. The van der Waals surface area contributed by atoms with Gasteiger partial charge in [0.25, 0.3) is 0 Å². The van der Waals surface area contributed by atoms with Gasteiger partial charge in [-0.25, -0.2) is 14.7 Å². The average molecular weight is 453 g/mol. The van der Waals surface area contributed by atoms with Crippen LogP contribution < -0.4 is 11.0 Å². The Morgan fingerprint density at radius 2 is 2.20 bits per heavy atom. The number of aryl methyl sites for hydroxylation is 1. The van der Waals surface area contributed by atoms with Gasteiger partial charge in [-0.1, -0.05) is 11.8 Å². The van der Waals surface area contributed by atoms with Crippen LogP contribution in [0.5, 0.6) is 0 Å². The minimum Gasteiger partial charge on any atom is -0.465 e. The zero-order valence-corrected chi connectivity index (χ0v) is 18.3. The van der Waals surface area contributed by atoms with Crippen molar-refractivity contribution >= 4 is 40.0 Å².